The number of piperidine rings is 1. The number of alkyl halides is 4. The lowest BCUT2D eigenvalue weighted by molar-refractivity contribution is -0.136. The Hall–Kier alpha value is -3.51. The number of aromatic nitrogens is 5. The Kier molecular flexibility index (Phi) is 7.10. The molecule has 2 N–H and O–H groups in total. The van der Waals surface area contributed by atoms with E-state index >= 15 is 0 Å². The predicted molar refractivity (Wildman–Crippen MR) is 133 cm³/mol. The lowest BCUT2D eigenvalue weighted by Gasteiger charge is -2.33. The summed E-state index contributed by atoms with van der Waals surface area (Å²) >= 11 is 0. The maximum absolute atomic E-state index is 13.9. The molecule has 0 spiro atoms. The van der Waals surface area contributed by atoms with Crippen LogP contribution in [-0.4, -0.2) is 54.6 Å². The minimum absolute atomic E-state index is 0.0373. The van der Waals surface area contributed by atoms with E-state index in [1.54, 1.807) is 29.9 Å². The van der Waals surface area contributed by atoms with Gasteiger partial charge in [0.05, 0.1) is 30.2 Å². The van der Waals surface area contributed by atoms with Crippen molar-refractivity contribution in [3.63, 3.8) is 0 Å². The predicted octanol–water partition coefficient (Wildman–Crippen LogP) is 3.86. The van der Waals surface area contributed by atoms with Crippen LogP contribution in [0.3, 0.4) is 0 Å². The molecule has 13 heteroatoms. The first kappa shape index (κ1) is 27.1. The maximum atomic E-state index is 13.9. The van der Waals surface area contributed by atoms with Crippen LogP contribution in [0.15, 0.2) is 24.5 Å². The molecule has 9 nitrogen and oxygen atoms in total. The van der Waals surface area contributed by atoms with Crippen LogP contribution in [0.4, 0.5) is 17.6 Å². The number of imidazole rings is 1. The molecule has 3 aromatic heterocycles. The number of hydrogen-bond acceptors (Lipinski definition) is 5. The minimum Gasteiger partial charge on any atom is -0.350 e. The molecule has 1 saturated carbocycles. The summed E-state index contributed by atoms with van der Waals surface area (Å²) in [5.41, 5.74) is 2.45. The Labute approximate surface area is 222 Å². The molecule has 210 valence electrons. The number of aryl methyl sites for hydroxylation is 2. The van der Waals surface area contributed by atoms with Crippen molar-refractivity contribution in [1.82, 2.24) is 35.0 Å². The standard InChI is InChI=1S/C26H31F4N7O2/c1-3-36-20(6-9-32-36)24(39)34-22(16-4-7-25(27,28)8-5-16)19-13-37-21(33-19)10-15(2)18(35-37)11-17-12-26(29,30)14-31-23(17)38/h6,9-10,13,16-17,22H,3-5,7-8,11-12,14H2,1-2H3,(H,31,38)(H,34,39). The first-order valence-corrected chi connectivity index (χ1v) is 13.2. The molecular formula is C26H31F4N7O2. The molecule has 0 bridgehead atoms. The monoisotopic (exact) mass is 549 g/mol. The van der Waals surface area contributed by atoms with Crippen molar-refractivity contribution in [3.05, 3.63) is 47.2 Å². The number of nitrogens with one attached hydrogen (secondary N) is 2. The van der Waals surface area contributed by atoms with Gasteiger partial charge in [-0.05, 0) is 50.3 Å². The van der Waals surface area contributed by atoms with Gasteiger partial charge in [0.25, 0.3) is 11.8 Å². The van der Waals surface area contributed by atoms with E-state index in [1.165, 1.54) is 10.7 Å². The summed E-state index contributed by atoms with van der Waals surface area (Å²) in [6.45, 7) is 3.44. The van der Waals surface area contributed by atoms with Gasteiger partial charge in [0.15, 0.2) is 5.65 Å². The van der Waals surface area contributed by atoms with Crippen molar-refractivity contribution < 1.29 is 27.2 Å². The van der Waals surface area contributed by atoms with E-state index in [9.17, 15) is 27.2 Å². The van der Waals surface area contributed by atoms with Gasteiger partial charge >= 0.3 is 0 Å². The fourth-order valence-electron chi connectivity index (χ4n) is 5.53. The van der Waals surface area contributed by atoms with Gasteiger partial charge in [-0.3, -0.25) is 14.3 Å². The van der Waals surface area contributed by atoms with Gasteiger partial charge in [-0.15, -0.1) is 0 Å². The first-order valence-electron chi connectivity index (χ1n) is 13.2. The average molecular weight is 550 g/mol. The highest BCUT2D eigenvalue weighted by Crippen LogP contribution is 2.41. The number of hydrogen-bond donors (Lipinski definition) is 2. The number of nitrogens with zero attached hydrogens (tertiary/aromatic N) is 5. The Bertz CT molecular complexity index is 1380. The van der Waals surface area contributed by atoms with Crippen LogP contribution >= 0.6 is 0 Å². The van der Waals surface area contributed by atoms with Gasteiger partial charge in [-0.25, -0.2) is 27.1 Å². The Morgan fingerprint density at radius 1 is 1.23 bits per heavy atom. The van der Waals surface area contributed by atoms with Crippen LogP contribution < -0.4 is 10.6 Å². The van der Waals surface area contributed by atoms with E-state index in [1.807, 2.05) is 6.92 Å². The molecule has 5 rings (SSSR count). The second kappa shape index (κ2) is 10.2. The summed E-state index contributed by atoms with van der Waals surface area (Å²) in [4.78, 5) is 30.1. The number of rotatable bonds is 7. The fraction of sp³-hybridized carbons (Fsp3) is 0.577. The molecule has 4 heterocycles. The van der Waals surface area contributed by atoms with E-state index in [2.05, 4.69) is 25.8 Å². The van der Waals surface area contributed by atoms with Gasteiger partial charge < -0.3 is 10.6 Å². The second-order valence-corrected chi connectivity index (χ2v) is 10.6. The van der Waals surface area contributed by atoms with Crippen molar-refractivity contribution in [1.29, 1.82) is 0 Å². The zero-order valence-electron chi connectivity index (χ0n) is 21.8. The molecule has 0 aromatic carbocycles. The number of halogens is 4. The summed E-state index contributed by atoms with van der Waals surface area (Å²) in [5, 5.41) is 14.0. The Morgan fingerprint density at radius 2 is 1.97 bits per heavy atom. The quantitative estimate of drug-likeness (QED) is 0.436. The molecule has 2 amide bonds. The minimum atomic E-state index is -2.98. The molecular weight excluding hydrogens is 518 g/mol. The van der Waals surface area contributed by atoms with Gasteiger partial charge in [0.1, 0.15) is 5.69 Å². The smallest absolute Gasteiger partial charge is 0.270 e. The number of fused-ring (bicyclic) bond motifs is 1. The molecule has 0 radical (unpaired) electrons. The SMILES string of the molecule is CCn1nccc1C(=O)NC(c1cn2nc(CC3CC(F)(F)CNC3=O)c(C)cc2n1)C1CCC(F)(F)CC1. The zero-order chi connectivity index (χ0) is 27.9. The van der Waals surface area contributed by atoms with Crippen molar-refractivity contribution in [2.24, 2.45) is 11.8 Å². The summed E-state index contributed by atoms with van der Waals surface area (Å²) in [7, 11) is 0. The normalized spacial score (nSPS) is 22.0. The van der Waals surface area contributed by atoms with E-state index < -0.39 is 42.7 Å². The summed E-state index contributed by atoms with van der Waals surface area (Å²) in [6.07, 6.45) is 2.50. The zero-order valence-corrected chi connectivity index (χ0v) is 21.8. The van der Waals surface area contributed by atoms with Crippen LogP contribution in [-0.2, 0) is 17.8 Å². The molecule has 2 aliphatic rings. The molecule has 2 atom stereocenters. The molecule has 39 heavy (non-hydrogen) atoms. The van der Waals surface area contributed by atoms with Gasteiger partial charge in [0, 0.05) is 44.3 Å². The first-order chi connectivity index (χ1) is 18.4. The van der Waals surface area contributed by atoms with Crippen LogP contribution in [0, 0.1) is 18.8 Å². The largest absolute Gasteiger partial charge is 0.350 e. The van der Waals surface area contributed by atoms with Crippen molar-refractivity contribution >= 4 is 17.5 Å². The molecule has 1 saturated heterocycles. The van der Waals surface area contributed by atoms with Crippen molar-refractivity contribution in [2.45, 2.75) is 76.8 Å². The molecule has 2 fully saturated rings. The van der Waals surface area contributed by atoms with Crippen molar-refractivity contribution in [3.8, 4) is 0 Å². The van der Waals surface area contributed by atoms with Crippen LogP contribution in [0.25, 0.3) is 5.65 Å². The molecule has 1 aliphatic carbocycles. The van der Waals surface area contributed by atoms with Gasteiger partial charge in [-0.1, -0.05) is 0 Å². The summed E-state index contributed by atoms with van der Waals surface area (Å²) in [6, 6.07) is 2.68. The highest BCUT2D eigenvalue weighted by Gasteiger charge is 2.42. The number of carbonyl (C=O) groups is 2. The van der Waals surface area contributed by atoms with E-state index in [-0.39, 0.29) is 43.9 Å². The maximum Gasteiger partial charge on any atom is 0.270 e. The lowest BCUT2D eigenvalue weighted by atomic mass is 9.81. The third-order valence-corrected chi connectivity index (χ3v) is 7.73. The Balaban J connectivity index is 1.44. The third kappa shape index (κ3) is 5.76. The van der Waals surface area contributed by atoms with Gasteiger partial charge in [0.2, 0.25) is 11.8 Å². The second-order valence-electron chi connectivity index (χ2n) is 10.6. The average Bonchev–Trinajstić information content (AvgIpc) is 3.52. The molecule has 1 aliphatic heterocycles. The topological polar surface area (TPSA) is 106 Å². The molecule has 3 aromatic rings. The van der Waals surface area contributed by atoms with Crippen LogP contribution in [0.5, 0.6) is 0 Å². The van der Waals surface area contributed by atoms with Crippen molar-refractivity contribution in [2.75, 3.05) is 6.54 Å². The molecule has 2 unspecified atom stereocenters. The van der Waals surface area contributed by atoms with Gasteiger partial charge in [-0.2, -0.15) is 10.2 Å². The highest BCUT2D eigenvalue weighted by atomic mass is 19.3. The van der Waals surface area contributed by atoms with E-state index in [0.29, 0.717) is 34.8 Å². The van der Waals surface area contributed by atoms with Crippen LogP contribution in [0.2, 0.25) is 0 Å². The summed E-state index contributed by atoms with van der Waals surface area (Å²) in [5.74, 6) is -7.72. The number of amides is 2. The van der Waals surface area contributed by atoms with Crippen LogP contribution in [0.1, 0.15) is 72.5 Å². The highest BCUT2D eigenvalue weighted by molar-refractivity contribution is 5.92. The van der Waals surface area contributed by atoms with E-state index in [4.69, 9.17) is 0 Å². The fourth-order valence-corrected chi connectivity index (χ4v) is 5.53. The van der Waals surface area contributed by atoms with E-state index in [0.717, 1.165) is 0 Å². The lowest BCUT2D eigenvalue weighted by Crippen LogP contribution is -2.48. The summed E-state index contributed by atoms with van der Waals surface area (Å²) < 4.78 is 58.8. The Morgan fingerprint density at radius 3 is 2.69 bits per heavy atom. The number of carbonyl (C=O) groups excluding carboxylic acids is 2. The third-order valence-electron chi connectivity index (χ3n) is 7.73.